The summed E-state index contributed by atoms with van der Waals surface area (Å²) in [6.07, 6.45) is -2.55. The first-order valence-corrected chi connectivity index (χ1v) is 14.2. The number of amides is 1. The minimum absolute atomic E-state index is 0.0865. The number of nitrogens with zero attached hydrogens (tertiary/aromatic N) is 3. The molecular formula is C27H28Cl3F4N3O4. The Labute approximate surface area is 248 Å². The molecule has 224 valence electrons. The highest BCUT2D eigenvalue weighted by molar-refractivity contribution is 6.42. The van der Waals surface area contributed by atoms with Crippen molar-refractivity contribution in [2.45, 2.75) is 76.2 Å². The maximum Gasteiger partial charge on any atom is 0.433 e. The van der Waals surface area contributed by atoms with Crippen molar-refractivity contribution >= 4 is 52.5 Å². The molecule has 1 heterocycles. The lowest BCUT2D eigenvalue weighted by molar-refractivity contribution is -0.152. The third-order valence-corrected chi connectivity index (χ3v) is 8.91. The molecule has 0 bridgehead atoms. The van der Waals surface area contributed by atoms with Gasteiger partial charge in [-0.25, -0.2) is 4.39 Å². The number of rotatable bonds is 8. The topological polar surface area (TPSA) is 92.5 Å². The van der Waals surface area contributed by atoms with E-state index in [0.29, 0.717) is 17.5 Å². The Hall–Kier alpha value is -2.37. The molecule has 0 atom stereocenters. The molecule has 0 spiro atoms. The first-order valence-electron chi connectivity index (χ1n) is 13.1. The van der Waals surface area contributed by atoms with E-state index in [0.717, 1.165) is 11.1 Å². The molecule has 41 heavy (non-hydrogen) atoms. The van der Waals surface area contributed by atoms with Crippen LogP contribution in [0.3, 0.4) is 0 Å². The molecule has 0 saturated heterocycles. The fraction of sp³-hybridized carbons (Fsp3) is 0.556. The summed E-state index contributed by atoms with van der Waals surface area (Å²) in [4.78, 5) is 39.3. The van der Waals surface area contributed by atoms with Crippen LogP contribution < -0.4 is 0 Å². The Kier molecular flexibility index (Phi) is 9.02. The van der Waals surface area contributed by atoms with Gasteiger partial charge in [0, 0.05) is 5.02 Å². The van der Waals surface area contributed by atoms with Crippen molar-refractivity contribution in [3.05, 3.63) is 50.2 Å². The number of ketones is 1. The van der Waals surface area contributed by atoms with Crippen LogP contribution in [0.5, 0.6) is 0 Å². The Balaban J connectivity index is 1.69. The molecule has 0 aliphatic heterocycles. The van der Waals surface area contributed by atoms with E-state index in [4.69, 9.17) is 34.8 Å². The minimum Gasteiger partial charge on any atom is -0.481 e. The molecular weight excluding hydrogens is 613 g/mol. The van der Waals surface area contributed by atoms with Crippen LogP contribution in [-0.4, -0.2) is 56.2 Å². The number of Topliss-reactive ketones (excluding diaryl/α,β-unsaturated/α-hetero) is 1. The van der Waals surface area contributed by atoms with Crippen LogP contribution in [0.15, 0.2) is 18.3 Å². The van der Waals surface area contributed by atoms with E-state index in [2.05, 4.69) is 5.10 Å². The van der Waals surface area contributed by atoms with Gasteiger partial charge >= 0.3 is 12.1 Å². The predicted octanol–water partition coefficient (Wildman–Crippen LogP) is 7.68. The summed E-state index contributed by atoms with van der Waals surface area (Å²) in [5.74, 6) is -3.04. The van der Waals surface area contributed by atoms with Gasteiger partial charge in [-0.3, -0.25) is 19.1 Å². The van der Waals surface area contributed by atoms with Crippen molar-refractivity contribution in [1.82, 2.24) is 14.7 Å². The number of benzene rings is 1. The minimum atomic E-state index is -5.02. The average molecular weight is 641 g/mol. The summed E-state index contributed by atoms with van der Waals surface area (Å²) in [6, 6.07) is 1.71. The molecule has 2 saturated carbocycles. The monoisotopic (exact) mass is 639 g/mol. The number of carboxylic acids is 1. The first-order chi connectivity index (χ1) is 19.0. The molecule has 4 rings (SSSR count). The van der Waals surface area contributed by atoms with Gasteiger partial charge < -0.3 is 10.0 Å². The van der Waals surface area contributed by atoms with Crippen LogP contribution >= 0.6 is 34.8 Å². The molecule has 2 aliphatic rings. The van der Waals surface area contributed by atoms with E-state index >= 15 is 4.39 Å². The zero-order valence-electron chi connectivity index (χ0n) is 22.0. The SMILES string of the molecule is C[C@]1(C(=O)O)CC[C@H](n2ncc(C(=O)N(CC(=O)c3c(Cl)cc(Cl)cc3Cl)CC3(F)CCCC3)c2C(F)(F)F)CC1. The van der Waals surface area contributed by atoms with Crippen molar-refractivity contribution in [3.63, 3.8) is 0 Å². The predicted molar refractivity (Wildman–Crippen MR) is 144 cm³/mol. The molecule has 0 unspecified atom stereocenters. The van der Waals surface area contributed by atoms with E-state index < -0.39 is 65.3 Å². The standard InChI is InChI=1S/C27H28Cl3F4N3O4/c1-25(24(40)41)8-4-16(5-9-25)37-22(27(32,33)34)17(12-35-37)23(39)36(14-26(31)6-2-3-7-26)13-20(38)21-18(29)10-15(28)11-19(21)30/h10-12,16H,2-9,13-14H2,1H3,(H,40,41)/t16-,25-. The van der Waals surface area contributed by atoms with Gasteiger partial charge in [0.15, 0.2) is 11.5 Å². The Bertz CT molecular complexity index is 1330. The van der Waals surface area contributed by atoms with Crippen LogP contribution in [0, 0.1) is 5.41 Å². The Morgan fingerprint density at radius 3 is 2.15 bits per heavy atom. The summed E-state index contributed by atoms with van der Waals surface area (Å²) in [6.45, 7) is 0.149. The fourth-order valence-corrected chi connectivity index (χ4v) is 6.74. The van der Waals surface area contributed by atoms with E-state index in [1.54, 1.807) is 0 Å². The molecule has 14 heteroatoms. The first kappa shape index (κ1) is 31.6. The lowest BCUT2D eigenvalue weighted by Crippen LogP contribution is -2.45. The highest BCUT2D eigenvalue weighted by atomic mass is 35.5. The zero-order chi connectivity index (χ0) is 30.3. The third-order valence-electron chi connectivity index (χ3n) is 8.10. The molecule has 1 aromatic carbocycles. The van der Waals surface area contributed by atoms with E-state index in [-0.39, 0.29) is 59.2 Å². The Morgan fingerprint density at radius 2 is 1.63 bits per heavy atom. The number of alkyl halides is 4. The van der Waals surface area contributed by atoms with Gasteiger partial charge in [0.05, 0.1) is 51.9 Å². The average Bonchev–Trinajstić information content (AvgIpc) is 3.50. The molecule has 2 fully saturated rings. The molecule has 2 aliphatic carbocycles. The zero-order valence-corrected chi connectivity index (χ0v) is 24.3. The van der Waals surface area contributed by atoms with Crippen molar-refractivity contribution < 1.29 is 37.1 Å². The maximum atomic E-state index is 15.6. The van der Waals surface area contributed by atoms with E-state index in [1.807, 2.05) is 0 Å². The lowest BCUT2D eigenvalue weighted by Gasteiger charge is -2.34. The van der Waals surface area contributed by atoms with Gasteiger partial charge in [0.2, 0.25) is 0 Å². The van der Waals surface area contributed by atoms with Crippen LogP contribution in [0.25, 0.3) is 0 Å². The number of halogens is 7. The van der Waals surface area contributed by atoms with E-state index in [9.17, 15) is 32.7 Å². The molecule has 1 N–H and O–H groups in total. The number of hydrogen-bond acceptors (Lipinski definition) is 4. The molecule has 1 amide bonds. The third kappa shape index (κ3) is 6.67. The van der Waals surface area contributed by atoms with Crippen LogP contribution in [-0.2, 0) is 11.0 Å². The van der Waals surface area contributed by atoms with Gasteiger partial charge in [-0.05, 0) is 57.6 Å². The number of carbonyl (C=O) groups is 3. The molecule has 7 nitrogen and oxygen atoms in total. The quantitative estimate of drug-likeness (QED) is 0.236. The van der Waals surface area contributed by atoms with Crippen molar-refractivity contribution in [1.29, 1.82) is 0 Å². The number of carboxylic acid groups (broad SMARTS) is 1. The number of aromatic nitrogens is 2. The lowest BCUT2D eigenvalue weighted by atomic mass is 9.74. The van der Waals surface area contributed by atoms with Crippen molar-refractivity contribution in [2.24, 2.45) is 5.41 Å². The summed E-state index contributed by atoms with van der Waals surface area (Å²) in [5.41, 5.74) is -5.30. The molecule has 1 aromatic heterocycles. The summed E-state index contributed by atoms with van der Waals surface area (Å²) < 4.78 is 59.6. The highest BCUT2D eigenvalue weighted by Crippen LogP contribution is 2.44. The largest absolute Gasteiger partial charge is 0.481 e. The van der Waals surface area contributed by atoms with Gasteiger partial charge in [0.25, 0.3) is 5.91 Å². The van der Waals surface area contributed by atoms with Crippen molar-refractivity contribution in [2.75, 3.05) is 13.1 Å². The van der Waals surface area contributed by atoms with Crippen LogP contribution in [0.4, 0.5) is 17.6 Å². The Morgan fingerprint density at radius 1 is 1.07 bits per heavy atom. The normalized spacial score (nSPS) is 22.5. The van der Waals surface area contributed by atoms with Gasteiger partial charge in [-0.2, -0.15) is 18.3 Å². The van der Waals surface area contributed by atoms with E-state index in [1.165, 1.54) is 19.1 Å². The maximum absolute atomic E-state index is 15.6. The van der Waals surface area contributed by atoms with Gasteiger partial charge in [-0.1, -0.05) is 47.6 Å². The smallest absolute Gasteiger partial charge is 0.433 e. The second kappa shape index (κ2) is 11.7. The van der Waals surface area contributed by atoms with Crippen LogP contribution in [0.2, 0.25) is 15.1 Å². The molecule has 2 aromatic rings. The number of aliphatic carboxylic acids is 1. The van der Waals surface area contributed by atoms with Crippen LogP contribution in [0.1, 0.15) is 90.7 Å². The number of hydrogen-bond donors (Lipinski definition) is 1. The van der Waals surface area contributed by atoms with Gasteiger partial charge in [0.1, 0.15) is 5.67 Å². The summed E-state index contributed by atoms with van der Waals surface area (Å²) in [7, 11) is 0. The highest BCUT2D eigenvalue weighted by Gasteiger charge is 2.46. The second-order valence-electron chi connectivity index (χ2n) is 11.1. The molecule has 0 radical (unpaired) electrons. The summed E-state index contributed by atoms with van der Waals surface area (Å²) >= 11 is 18.2. The fourth-order valence-electron chi connectivity index (χ4n) is 5.72. The second-order valence-corrected chi connectivity index (χ2v) is 12.4. The van der Waals surface area contributed by atoms with Crippen molar-refractivity contribution in [3.8, 4) is 0 Å². The summed E-state index contributed by atoms with van der Waals surface area (Å²) in [5, 5.41) is 13.3. The number of carbonyl (C=O) groups excluding carboxylic acids is 2. The van der Waals surface area contributed by atoms with Gasteiger partial charge in [-0.15, -0.1) is 0 Å².